The largest absolute Gasteiger partial charge is 0.350 e. The average molecular weight is 267 g/mol. The summed E-state index contributed by atoms with van der Waals surface area (Å²) in [7, 11) is 0. The van der Waals surface area contributed by atoms with Crippen molar-refractivity contribution in [3.05, 3.63) is 34.9 Å². The highest BCUT2D eigenvalue weighted by atomic mass is 35.5. The molecule has 0 unspecified atom stereocenters. The van der Waals surface area contributed by atoms with Gasteiger partial charge in [0.15, 0.2) is 0 Å². The van der Waals surface area contributed by atoms with Crippen molar-refractivity contribution >= 4 is 17.5 Å². The topological polar surface area (TPSA) is 55.1 Å². The van der Waals surface area contributed by atoms with Crippen molar-refractivity contribution in [2.75, 3.05) is 0 Å². The smallest absolute Gasteiger partial charge is 0.240 e. The maximum Gasteiger partial charge on any atom is 0.240 e. The molecule has 0 heterocycles. The molecule has 0 atom stereocenters. The molecule has 18 heavy (non-hydrogen) atoms. The molecule has 0 radical (unpaired) electrons. The predicted octanol–water partition coefficient (Wildman–Crippen LogP) is 2.62. The van der Waals surface area contributed by atoms with E-state index < -0.39 is 5.54 Å². The molecule has 3 N–H and O–H groups in total. The summed E-state index contributed by atoms with van der Waals surface area (Å²) in [5.41, 5.74) is 6.40. The van der Waals surface area contributed by atoms with Gasteiger partial charge in [-0.15, -0.1) is 0 Å². The van der Waals surface area contributed by atoms with Crippen LogP contribution in [0.5, 0.6) is 0 Å². The molecule has 1 aromatic carbocycles. The third-order valence-electron chi connectivity index (χ3n) is 3.60. The van der Waals surface area contributed by atoms with Crippen LogP contribution < -0.4 is 11.1 Å². The number of carbonyl (C=O) groups is 1. The van der Waals surface area contributed by atoms with E-state index in [1.807, 2.05) is 24.3 Å². The van der Waals surface area contributed by atoms with Crippen LogP contribution in [0.1, 0.15) is 37.7 Å². The van der Waals surface area contributed by atoms with Crippen LogP contribution in [0, 0.1) is 0 Å². The number of halogens is 1. The number of nitrogens with two attached hydrogens (primary N) is 1. The Bertz CT molecular complexity index is 428. The minimum Gasteiger partial charge on any atom is -0.350 e. The Morgan fingerprint density at radius 3 is 2.61 bits per heavy atom. The average Bonchev–Trinajstić information content (AvgIpc) is 2.38. The molecule has 98 valence electrons. The number of carbonyl (C=O) groups excluding carboxylic acids is 1. The monoisotopic (exact) mass is 266 g/mol. The number of hydrogen-bond donors (Lipinski definition) is 2. The zero-order valence-corrected chi connectivity index (χ0v) is 11.2. The number of amides is 1. The lowest BCUT2D eigenvalue weighted by molar-refractivity contribution is -0.127. The molecule has 2 rings (SSSR count). The lowest BCUT2D eigenvalue weighted by atomic mass is 9.82. The first-order valence-electron chi connectivity index (χ1n) is 6.42. The fourth-order valence-electron chi connectivity index (χ4n) is 2.40. The van der Waals surface area contributed by atoms with Gasteiger partial charge in [0.2, 0.25) is 5.91 Å². The van der Waals surface area contributed by atoms with E-state index in [0.717, 1.165) is 31.2 Å². The van der Waals surface area contributed by atoms with E-state index in [2.05, 4.69) is 5.32 Å². The molecule has 0 spiro atoms. The minimum atomic E-state index is -0.681. The Balaban J connectivity index is 1.94. The van der Waals surface area contributed by atoms with Crippen LogP contribution in [0.15, 0.2) is 24.3 Å². The van der Waals surface area contributed by atoms with Crippen molar-refractivity contribution in [2.24, 2.45) is 5.73 Å². The molecule has 1 amide bonds. The van der Waals surface area contributed by atoms with Gasteiger partial charge in [0.05, 0.1) is 5.54 Å². The van der Waals surface area contributed by atoms with Crippen molar-refractivity contribution < 1.29 is 4.79 Å². The second kappa shape index (κ2) is 5.72. The molecule has 0 bridgehead atoms. The second-order valence-corrected chi connectivity index (χ2v) is 5.40. The lowest BCUT2D eigenvalue weighted by Gasteiger charge is -2.31. The standard InChI is InChI=1S/C14H19ClN2O/c15-12-7-3-2-6-11(12)10-17-13(18)14(16)8-4-1-5-9-14/h2-3,6-7H,1,4-5,8-10,16H2,(H,17,18). The normalized spacial score (nSPS) is 18.3. The number of nitrogens with one attached hydrogen (secondary N) is 1. The zero-order chi connectivity index (χ0) is 13.0. The molecule has 0 saturated heterocycles. The third kappa shape index (κ3) is 3.03. The van der Waals surface area contributed by atoms with Crippen molar-refractivity contribution in [1.82, 2.24) is 5.32 Å². The van der Waals surface area contributed by atoms with Crippen LogP contribution in [-0.2, 0) is 11.3 Å². The summed E-state index contributed by atoms with van der Waals surface area (Å²) in [4.78, 5) is 12.1. The first-order chi connectivity index (χ1) is 8.62. The minimum absolute atomic E-state index is 0.0536. The van der Waals surface area contributed by atoms with Crippen LogP contribution in [0.3, 0.4) is 0 Å². The molecule has 0 aromatic heterocycles. The van der Waals surface area contributed by atoms with Crippen LogP contribution in [-0.4, -0.2) is 11.4 Å². The Morgan fingerprint density at radius 1 is 1.28 bits per heavy atom. The Kier molecular flexibility index (Phi) is 4.25. The molecule has 1 aromatic rings. The molecule has 3 nitrogen and oxygen atoms in total. The number of hydrogen-bond acceptors (Lipinski definition) is 2. The van der Waals surface area contributed by atoms with Gasteiger partial charge in [-0.2, -0.15) is 0 Å². The Morgan fingerprint density at radius 2 is 1.94 bits per heavy atom. The summed E-state index contributed by atoms with van der Waals surface area (Å²) >= 11 is 6.05. The quantitative estimate of drug-likeness (QED) is 0.884. The molecule has 4 heteroatoms. The van der Waals surface area contributed by atoms with Crippen molar-refractivity contribution in [3.8, 4) is 0 Å². The van der Waals surface area contributed by atoms with E-state index >= 15 is 0 Å². The molecule has 1 saturated carbocycles. The van der Waals surface area contributed by atoms with Gasteiger partial charge in [0, 0.05) is 11.6 Å². The van der Waals surface area contributed by atoms with Gasteiger partial charge in [0.25, 0.3) is 0 Å². The second-order valence-electron chi connectivity index (χ2n) is 4.99. The van der Waals surface area contributed by atoms with E-state index in [1.165, 1.54) is 6.42 Å². The van der Waals surface area contributed by atoms with E-state index in [0.29, 0.717) is 11.6 Å². The summed E-state index contributed by atoms with van der Waals surface area (Å²) in [5, 5.41) is 3.58. The fraction of sp³-hybridized carbons (Fsp3) is 0.500. The highest BCUT2D eigenvalue weighted by Crippen LogP contribution is 2.26. The van der Waals surface area contributed by atoms with Crippen LogP contribution in [0.4, 0.5) is 0 Å². The first kappa shape index (κ1) is 13.4. The van der Waals surface area contributed by atoms with Gasteiger partial charge in [-0.05, 0) is 24.5 Å². The zero-order valence-electron chi connectivity index (χ0n) is 10.4. The summed E-state index contributed by atoms with van der Waals surface area (Å²) in [6, 6.07) is 7.51. The maximum absolute atomic E-state index is 12.1. The van der Waals surface area contributed by atoms with Gasteiger partial charge < -0.3 is 11.1 Å². The van der Waals surface area contributed by atoms with Gasteiger partial charge in [-0.3, -0.25) is 4.79 Å². The lowest BCUT2D eigenvalue weighted by Crippen LogP contribution is -2.54. The van der Waals surface area contributed by atoms with Crippen molar-refractivity contribution in [2.45, 2.75) is 44.2 Å². The molecule has 1 fully saturated rings. The van der Waals surface area contributed by atoms with Crippen molar-refractivity contribution in [1.29, 1.82) is 0 Å². The summed E-state index contributed by atoms with van der Waals surface area (Å²) < 4.78 is 0. The summed E-state index contributed by atoms with van der Waals surface area (Å²) in [5.74, 6) is -0.0536. The van der Waals surface area contributed by atoms with Crippen molar-refractivity contribution in [3.63, 3.8) is 0 Å². The van der Waals surface area contributed by atoms with Crippen LogP contribution >= 0.6 is 11.6 Å². The highest BCUT2D eigenvalue weighted by molar-refractivity contribution is 6.31. The van der Waals surface area contributed by atoms with Crippen LogP contribution in [0.2, 0.25) is 5.02 Å². The summed E-state index contributed by atoms with van der Waals surface area (Å²) in [6.07, 6.45) is 4.81. The van der Waals surface area contributed by atoms with Gasteiger partial charge in [-0.1, -0.05) is 49.1 Å². The maximum atomic E-state index is 12.1. The summed E-state index contributed by atoms with van der Waals surface area (Å²) in [6.45, 7) is 0.442. The van der Waals surface area contributed by atoms with Gasteiger partial charge >= 0.3 is 0 Å². The SMILES string of the molecule is NC1(C(=O)NCc2ccccc2Cl)CCCCC1. The van der Waals surface area contributed by atoms with Crippen LogP contribution in [0.25, 0.3) is 0 Å². The fourth-order valence-corrected chi connectivity index (χ4v) is 2.61. The molecule has 1 aliphatic carbocycles. The van der Waals surface area contributed by atoms with Gasteiger partial charge in [-0.25, -0.2) is 0 Å². The highest BCUT2D eigenvalue weighted by Gasteiger charge is 2.34. The Labute approximate surface area is 113 Å². The molecule has 1 aliphatic rings. The van der Waals surface area contributed by atoms with Gasteiger partial charge in [0.1, 0.15) is 0 Å². The molecule has 0 aliphatic heterocycles. The third-order valence-corrected chi connectivity index (χ3v) is 3.96. The van der Waals surface area contributed by atoms with E-state index in [1.54, 1.807) is 0 Å². The molecular formula is C14H19ClN2O. The number of benzene rings is 1. The molecular weight excluding hydrogens is 248 g/mol. The van der Waals surface area contributed by atoms with E-state index in [9.17, 15) is 4.79 Å². The first-order valence-corrected chi connectivity index (χ1v) is 6.80. The predicted molar refractivity (Wildman–Crippen MR) is 73.3 cm³/mol. The number of rotatable bonds is 3. The Hall–Kier alpha value is -1.06. The van der Waals surface area contributed by atoms with E-state index in [4.69, 9.17) is 17.3 Å². The van der Waals surface area contributed by atoms with E-state index in [-0.39, 0.29) is 5.91 Å².